The quantitative estimate of drug-likeness (QED) is 0.517. The van der Waals surface area contributed by atoms with Gasteiger partial charge >= 0.3 is 0 Å². The van der Waals surface area contributed by atoms with E-state index in [0.29, 0.717) is 11.8 Å². The Morgan fingerprint density at radius 2 is 1.68 bits per heavy atom. The second-order valence-corrected chi connectivity index (χ2v) is 8.72. The summed E-state index contributed by atoms with van der Waals surface area (Å²) in [6, 6.07) is 14.6. The van der Waals surface area contributed by atoms with E-state index in [2.05, 4.69) is 81.3 Å². The van der Waals surface area contributed by atoms with Crippen molar-refractivity contribution in [3.8, 4) is 10.6 Å². The molecule has 0 aliphatic rings. The summed E-state index contributed by atoms with van der Waals surface area (Å²) < 4.78 is 0. The lowest BCUT2D eigenvalue weighted by atomic mass is 9.92. The lowest BCUT2D eigenvalue weighted by molar-refractivity contribution is -0.115. The van der Waals surface area contributed by atoms with Gasteiger partial charge in [-0.3, -0.25) is 4.79 Å². The van der Waals surface area contributed by atoms with Gasteiger partial charge in [0.1, 0.15) is 5.01 Å². The first-order valence-corrected chi connectivity index (χ1v) is 10.7. The molecular weight excluding hydrogens is 364 g/mol. The topological polar surface area (TPSA) is 42.0 Å². The van der Waals surface area contributed by atoms with Crippen LogP contribution in [0.4, 0.5) is 5.69 Å². The van der Waals surface area contributed by atoms with Crippen LogP contribution in [0.5, 0.6) is 0 Å². The number of nitrogens with one attached hydrogen (secondary N) is 1. The predicted octanol–water partition coefficient (Wildman–Crippen LogP) is 6.55. The zero-order valence-corrected chi connectivity index (χ0v) is 18.1. The summed E-state index contributed by atoms with van der Waals surface area (Å²) in [6.07, 6.45) is 0.284. The highest BCUT2D eigenvalue weighted by Gasteiger charge is 2.17. The van der Waals surface area contributed by atoms with E-state index >= 15 is 0 Å². The number of carbonyl (C=O) groups excluding carboxylic acids is 1. The number of hydrogen-bond acceptors (Lipinski definition) is 3. The minimum atomic E-state index is -0.0175. The average molecular weight is 393 g/mol. The molecule has 0 aliphatic carbocycles. The Labute approximate surface area is 171 Å². The number of benzene rings is 2. The van der Waals surface area contributed by atoms with E-state index < -0.39 is 0 Å². The molecule has 3 rings (SSSR count). The molecule has 0 saturated carbocycles. The Hall–Kier alpha value is -2.46. The average Bonchev–Trinajstić information content (AvgIpc) is 3.09. The molecule has 146 valence electrons. The van der Waals surface area contributed by atoms with Gasteiger partial charge in [-0.15, -0.1) is 11.3 Å². The number of para-hydroxylation sites is 1. The monoisotopic (exact) mass is 392 g/mol. The van der Waals surface area contributed by atoms with E-state index in [4.69, 9.17) is 0 Å². The maximum Gasteiger partial charge on any atom is 0.230 e. The molecule has 0 spiro atoms. The highest BCUT2D eigenvalue weighted by atomic mass is 32.1. The number of hydrogen-bond donors (Lipinski definition) is 1. The van der Waals surface area contributed by atoms with E-state index in [1.165, 1.54) is 16.7 Å². The number of rotatable bonds is 6. The summed E-state index contributed by atoms with van der Waals surface area (Å²) in [4.78, 5) is 17.5. The van der Waals surface area contributed by atoms with Gasteiger partial charge in [-0.05, 0) is 36.0 Å². The van der Waals surface area contributed by atoms with Crippen LogP contribution in [-0.2, 0) is 11.2 Å². The fourth-order valence-corrected chi connectivity index (χ4v) is 4.16. The molecule has 0 fully saturated rings. The maximum atomic E-state index is 12.8. The van der Waals surface area contributed by atoms with Crippen molar-refractivity contribution in [2.45, 2.75) is 52.9 Å². The third-order valence-electron chi connectivity index (χ3n) is 4.80. The Morgan fingerprint density at radius 1 is 1.04 bits per heavy atom. The molecule has 0 radical (unpaired) electrons. The van der Waals surface area contributed by atoms with Crippen LogP contribution in [0.3, 0.4) is 0 Å². The number of thiazole rings is 1. The third-order valence-corrected chi connectivity index (χ3v) is 5.74. The Balaban J connectivity index is 1.78. The number of aromatic nitrogens is 1. The molecule has 3 aromatic rings. The van der Waals surface area contributed by atoms with Gasteiger partial charge in [-0.1, -0.05) is 69.7 Å². The number of nitrogens with zero attached hydrogens (tertiary/aromatic N) is 1. The summed E-state index contributed by atoms with van der Waals surface area (Å²) in [7, 11) is 0. The molecule has 0 aliphatic heterocycles. The minimum Gasteiger partial charge on any atom is -0.325 e. The summed E-state index contributed by atoms with van der Waals surface area (Å²) in [6.45, 7) is 10.7. The van der Waals surface area contributed by atoms with E-state index in [0.717, 1.165) is 22.0 Å². The van der Waals surface area contributed by atoms with Gasteiger partial charge < -0.3 is 5.32 Å². The molecule has 1 N–H and O–H groups in total. The van der Waals surface area contributed by atoms with Crippen LogP contribution in [0.15, 0.2) is 47.8 Å². The summed E-state index contributed by atoms with van der Waals surface area (Å²) in [5.41, 5.74) is 6.44. The van der Waals surface area contributed by atoms with Crippen molar-refractivity contribution >= 4 is 22.9 Å². The van der Waals surface area contributed by atoms with Gasteiger partial charge in [0.25, 0.3) is 0 Å². The fourth-order valence-electron chi connectivity index (χ4n) is 3.34. The Morgan fingerprint density at radius 3 is 2.29 bits per heavy atom. The van der Waals surface area contributed by atoms with Crippen molar-refractivity contribution in [3.05, 3.63) is 70.2 Å². The van der Waals surface area contributed by atoms with E-state index in [1.54, 1.807) is 11.3 Å². The van der Waals surface area contributed by atoms with Crippen molar-refractivity contribution in [1.82, 2.24) is 4.98 Å². The lowest BCUT2D eigenvalue weighted by Gasteiger charge is -2.20. The molecule has 1 amide bonds. The van der Waals surface area contributed by atoms with Crippen molar-refractivity contribution in [2.24, 2.45) is 0 Å². The molecule has 28 heavy (non-hydrogen) atoms. The first kappa shape index (κ1) is 20.3. The summed E-state index contributed by atoms with van der Waals surface area (Å²) in [5.74, 6) is 0.679. The van der Waals surface area contributed by atoms with Crippen molar-refractivity contribution in [1.29, 1.82) is 0 Å². The highest BCUT2D eigenvalue weighted by Crippen LogP contribution is 2.32. The smallest absolute Gasteiger partial charge is 0.230 e. The second kappa shape index (κ2) is 8.70. The van der Waals surface area contributed by atoms with Gasteiger partial charge in [0.2, 0.25) is 5.91 Å². The van der Waals surface area contributed by atoms with E-state index in [9.17, 15) is 4.79 Å². The predicted molar refractivity (Wildman–Crippen MR) is 119 cm³/mol. The van der Waals surface area contributed by atoms with Crippen molar-refractivity contribution < 1.29 is 4.79 Å². The Bertz CT molecular complexity index is 946. The van der Waals surface area contributed by atoms with Crippen LogP contribution in [0.2, 0.25) is 0 Å². The van der Waals surface area contributed by atoms with Crippen LogP contribution in [0.1, 0.15) is 61.9 Å². The van der Waals surface area contributed by atoms with Gasteiger partial charge in [0, 0.05) is 16.6 Å². The zero-order valence-electron chi connectivity index (χ0n) is 17.2. The molecule has 3 nitrogen and oxygen atoms in total. The number of aryl methyl sites for hydroxylation is 1. The van der Waals surface area contributed by atoms with E-state index in [1.807, 2.05) is 11.4 Å². The molecule has 1 aromatic heterocycles. The van der Waals surface area contributed by atoms with Crippen molar-refractivity contribution in [3.63, 3.8) is 0 Å². The largest absolute Gasteiger partial charge is 0.325 e. The standard InChI is InChI=1S/C24H28N2OS/c1-15(2)20-10-7-11-21(16(3)4)23(20)26-22(27)13-19-14-28-24(25-19)18-9-6-8-17(5)12-18/h6-12,14-16H,13H2,1-5H3,(H,26,27). The zero-order chi connectivity index (χ0) is 20.3. The molecule has 0 bridgehead atoms. The maximum absolute atomic E-state index is 12.8. The first-order valence-electron chi connectivity index (χ1n) is 9.79. The van der Waals surface area contributed by atoms with Crippen LogP contribution < -0.4 is 5.32 Å². The minimum absolute atomic E-state index is 0.0175. The van der Waals surface area contributed by atoms with Gasteiger partial charge in [-0.2, -0.15) is 0 Å². The highest BCUT2D eigenvalue weighted by molar-refractivity contribution is 7.13. The number of carbonyl (C=O) groups is 1. The van der Waals surface area contributed by atoms with Crippen LogP contribution in [-0.4, -0.2) is 10.9 Å². The van der Waals surface area contributed by atoms with Crippen LogP contribution in [0.25, 0.3) is 10.6 Å². The van der Waals surface area contributed by atoms with Crippen molar-refractivity contribution in [2.75, 3.05) is 5.32 Å². The van der Waals surface area contributed by atoms with Gasteiger partial charge in [0.15, 0.2) is 0 Å². The molecule has 0 unspecified atom stereocenters. The molecule has 0 atom stereocenters. The number of anilines is 1. The molecule has 0 saturated heterocycles. The lowest BCUT2D eigenvalue weighted by Crippen LogP contribution is -2.18. The molecule has 2 aromatic carbocycles. The number of amides is 1. The summed E-state index contributed by atoms with van der Waals surface area (Å²) in [5, 5.41) is 6.11. The van der Waals surface area contributed by atoms with Crippen LogP contribution >= 0.6 is 11.3 Å². The Kier molecular flexibility index (Phi) is 6.30. The van der Waals surface area contributed by atoms with Gasteiger partial charge in [0.05, 0.1) is 12.1 Å². The van der Waals surface area contributed by atoms with E-state index in [-0.39, 0.29) is 12.3 Å². The normalized spacial score (nSPS) is 11.2. The summed E-state index contributed by atoms with van der Waals surface area (Å²) >= 11 is 1.58. The molecule has 4 heteroatoms. The first-order chi connectivity index (χ1) is 13.3. The second-order valence-electron chi connectivity index (χ2n) is 7.86. The van der Waals surface area contributed by atoms with Crippen LogP contribution in [0, 0.1) is 6.92 Å². The SMILES string of the molecule is Cc1cccc(-c2nc(CC(=O)Nc3c(C(C)C)cccc3C(C)C)cs2)c1. The fraction of sp³-hybridized carbons (Fsp3) is 0.333. The van der Waals surface area contributed by atoms with Gasteiger partial charge in [-0.25, -0.2) is 4.98 Å². The molecule has 1 heterocycles. The molecular formula is C24H28N2OS. The third kappa shape index (κ3) is 4.68.